The summed E-state index contributed by atoms with van der Waals surface area (Å²) in [6.45, 7) is 2.81. The van der Waals surface area contributed by atoms with Crippen molar-refractivity contribution in [3.63, 3.8) is 0 Å². The minimum absolute atomic E-state index is 0.184. The Kier molecular flexibility index (Phi) is 5.84. The number of anilines is 2. The first-order valence-corrected chi connectivity index (χ1v) is 9.74. The highest BCUT2D eigenvalue weighted by molar-refractivity contribution is 9.09. The molecule has 2 aliphatic rings. The maximum atomic E-state index is 11.7. The van der Waals surface area contributed by atoms with E-state index in [2.05, 4.69) is 25.9 Å². The molecular weight excluding hydrogens is 408 g/mol. The van der Waals surface area contributed by atoms with Gasteiger partial charge in [-0.15, -0.1) is 0 Å². The lowest BCUT2D eigenvalue weighted by molar-refractivity contribution is -0.500. The summed E-state index contributed by atoms with van der Waals surface area (Å²) >= 11 is 2.96. The van der Waals surface area contributed by atoms with Crippen molar-refractivity contribution in [1.82, 2.24) is 9.97 Å². The molecule has 0 amide bonds. The van der Waals surface area contributed by atoms with Crippen LogP contribution in [0, 0.1) is 20.2 Å². The Morgan fingerprint density at radius 1 is 0.885 bits per heavy atom. The zero-order valence-electron chi connectivity index (χ0n) is 14.3. The number of nitro groups is 2. The van der Waals surface area contributed by atoms with Gasteiger partial charge in [-0.1, -0.05) is 0 Å². The van der Waals surface area contributed by atoms with Gasteiger partial charge in [-0.2, -0.15) is 4.98 Å². The van der Waals surface area contributed by atoms with Crippen LogP contribution in [0.2, 0.25) is 0 Å². The van der Waals surface area contributed by atoms with Gasteiger partial charge in [0.2, 0.25) is 17.5 Å². The molecule has 1 aromatic heterocycles. The van der Waals surface area contributed by atoms with Gasteiger partial charge in [-0.05, 0) is 38.5 Å². The van der Waals surface area contributed by atoms with Gasteiger partial charge in [0, 0.05) is 47.0 Å². The average molecular weight is 429 g/mol. The Morgan fingerprint density at radius 3 is 1.92 bits per heavy atom. The van der Waals surface area contributed by atoms with Gasteiger partial charge in [0.15, 0.2) is 0 Å². The molecule has 2 fully saturated rings. The Balaban J connectivity index is 2.12. The number of piperidine rings is 2. The molecule has 11 heteroatoms. The van der Waals surface area contributed by atoms with Crippen LogP contribution in [-0.4, -0.2) is 46.0 Å². The van der Waals surface area contributed by atoms with Crippen LogP contribution < -0.4 is 9.80 Å². The van der Waals surface area contributed by atoms with Gasteiger partial charge in [0.25, 0.3) is 0 Å². The summed E-state index contributed by atoms with van der Waals surface area (Å²) < 4.78 is 0. The van der Waals surface area contributed by atoms with Crippen molar-refractivity contribution in [2.75, 3.05) is 36.0 Å². The second-order valence-corrected chi connectivity index (χ2v) is 7.42. The Bertz CT molecular complexity index is 691. The summed E-state index contributed by atoms with van der Waals surface area (Å²) in [7, 11) is 0. The first kappa shape index (κ1) is 18.7. The van der Waals surface area contributed by atoms with Crippen molar-refractivity contribution in [3.05, 3.63) is 25.9 Å². The molecule has 0 N–H and O–H groups in total. The van der Waals surface area contributed by atoms with E-state index in [0.29, 0.717) is 19.0 Å². The number of aromatic nitrogens is 2. The monoisotopic (exact) mass is 428 g/mol. The van der Waals surface area contributed by atoms with Gasteiger partial charge >= 0.3 is 10.6 Å². The van der Waals surface area contributed by atoms with Crippen molar-refractivity contribution < 1.29 is 9.85 Å². The van der Waals surface area contributed by atoms with Gasteiger partial charge in [0.1, 0.15) is 0 Å². The summed E-state index contributed by atoms with van der Waals surface area (Å²) in [4.78, 5) is 33.0. The Morgan fingerprint density at radius 2 is 1.42 bits per heavy atom. The zero-order valence-corrected chi connectivity index (χ0v) is 15.9. The number of nitrogens with zero attached hydrogens (tertiary/aromatic N) is 6. The molecule has 3 rings (SSSR count). The SMILES string of the molecule is O=[N+]([O-])c1c(C(Br)[N+](=O)[O-])nc(N2CCCCC2)nc1N1CCCCC1. The molecule has 142 valence electrons. The van der Waals surface area contributed by atoms with Crippen molar-refractivity contribution in [2.45, 2.75) is 43.5 Å². The third-order valence-corrected chi connectivity index (χ3v) is 5.54. The van der Waals surface area contributed by atoms with Crippen LogP contribution >= 0.6 is 15.9 Å². The largest absolute Gasteiger partial charge is 0.351 e. The maximum Gasteiger partial charge on any atom is 0.341 e. The predicted octanol–water partition coefficient (Wildman–Crippen LogP) is 3.04. The van der Waals surface area contributed by atoms with Crippen LogP contribution in [0.1, 0.15) is 49.2 Å². The topological polar surface area (TPSA) is 119 Å². The summed E-state index contributed by atoms with van der Waals surface area (Å²) in [5, 5.41) is 23.0. The highest BCUT2D eigenvalue weighted by atomic mass is 79.9. The van der Waals surface area contributed by atoms with Crippen LogP contribution in [-0.2, 0) is 0 Å². The van der Waals surface area contributed by atoms with E-state index in [1.54, 1.807) is 0 Å². The number of rotatable bonds is 5. The number of alkyl halides is 1. The first-order valence-electron chi connectivity index (χ1n) is 8.83. The molecule has 0 saturated carbocycles. The minimum atomic E-state index is -1.45. The fraction of sp³-hybridized carbons (Fsp3) is 0.733. The van der Waals surface area contributed by atoms with Crippen molar-refractivity contribution in [3.8, 4) is 0 Å². The van der Waals surface area contributed by atoms with E-state index in [4.69, 9.17) is 0 Å². The van der Waals surface area contributed by atoms with E-state index in [1.165, 1.54) is 0 Å². The normalized spacial score (nSPS) is 19.3. The fourth-order valence-electron chi connectivity index (χ4n) is 3.45. The minimum Gasteiger partial charge on any atom is -0.351 e. The van der Waals surface area contributed by atoms with Gasteiger partial charge in [0.05, 0.1) is 4.92 Å². The van der Waals surface area contributed by atoms with E-state index in [-0.39, 0.29) is 17.2 Å². The van der Waals surface area contributed by atoms with Crippen molar-refractivity contribution in [2.24, 2.45) is 0 Å². The quantitative estimate of drug-likeness (QED) is 0.303. The molecule has 3 heterocycles. The molecule has 26 heavy (non-hydrogen) atoms. The van der Waals surface area contributed by atoms with Crippen LogP contribution in [0.15, 0.2) is 0 Å². The van der Waals surface area contributed by atoms with E-state index >= 15 is 0 Å². The molecule has 1 atom stereocenters. The molecule has 1 unspecified atom stereocenters. The maximum absolute atomic E-state index is 11.7. The highest BCUT2D eigenvalue weighted by Crippen LogP contribution is 2.38. The lowest BCUT2D eigenvalue weighted by Crippen LogP contribution is -2.35. The smallest absolute Gasteiger partial charge is 0.341 e. The average Bonchev–Trinajstić information content (AvgIpc) is 2.67. The molecule has 1 aromatic rings. The summed E-state index contributed by atoms with van der Waals surface area (Å²) in [5.41, 5.74) is -0.553. The third kappa shape index (κ3) is 3.87. The molecular formula is C15H21BrN6O4. The van der Waals surface area contributed by atoms with Crippen molar-refractivity contribution >= 4 is 33.4 Å². The number of halogens is 1. The second kappa shape index (κ2) is 8.11. The second-order valence-electron chi connectivity index (χ2n) is 6.55. The summed E-state index contributed by atoms with van der Waals surface area (Å²) in [6.07, 6.45) is 6.00. The van der Waals surface area contributed by atoms with Crippen LogP contribution in [0.3, 0.4) is 0 Å². The molecule has 0 bridgehead atoms. The standard InChI is InChI=1S/C15H21BrN6O4/c16-13(22(25)26)11-12(21(23)24)14(19-7-3-1-4-8-19)18-15(17-11)20-9-5-2-6-10-20/h13H,1-10H2. The van der Waals surface area contributed by atoms with Crippen molar-refractivity contribution in [1.29, 1.82) is 0 Å². The predicted molar refractivity (Wildman–Crippen MR) is 99.5 cm³/mol. The van der Waals surface area contributed by atoms with Gasteiger partial charge in [-0.3, -0.25) is 20.2 Å². The molecule has 10 nitrogen and oxygen atoms in total. The first-order chi connectivity index (χ1) is 12.5. The molecule has 2 saturated heterocycles. The zero-order chi connectivity index (χ0) is 18.7. The lowest BCUT2D eigenvalue weighted by atomic mass is 10.1. The fourth-order valence-corrected chi connectivity index (χ4v) is 3.77. The van der Waals surface area contributed by atoms with Crippen LogP contribution in [0.4, 0.5) is 17.5 Å². The molecule has 0 spiro atoms. The summed E-state index contributed by atoms with van der Waals surface area (Å²) in [5.74, 6) is 0.545. The van der Waals surface area contributed by atoms with Crippen LogP contribution in [0.25, 0.3) is 0 Å². The Labute approximate surface area is 159 Å². The summed E-state index contributed by atoms with van der Waals surface area (Å²) in [6, 6.07) is 0. The van der Waals surface area contributed by atoms with Gasteiger partial charge in [-0.25, -0.2) is 4.98 Å². The molecule has 2 aliphatic heterocycles. The van der Waals surface area contributed by atoms with E-state index < -0.39 is 14.8 Å². The molecule has 0 radical (unpaired) electrons. The number of hydrogen-bond acceptors (Lipinski definition) is 8. The molecule has 0 aliphatic carbocycles. The Hall–Kier alpha value is -2.04. The van der Waals surface area contributed by atoms with Gasteiger partial charge < -0.3 is 9.80 Å². The van der Waals surface area contributed by atoms with E-state index in [1.807, 2.05) is 9.80 Å². The van der Waals surface area contributed by atoms with Crippen LogP contribution in [0.5, 0.6) is 0 Å². The van der Waals surface area contributed by atoms with E-state index in [9.17, 15) is 20.2 Å². The lowest BCUT2D eigenvalue weighted by Gasteiger charge is -2.30. The van der Waals surface area contributed by atoms with E-state index in [0.717, 1.165) is 51.6 Å². The molecule has 0 aromatic carbocycles. The highest BCUT2D eigenvalue weighted by Gasteiger charge is 2.38. The third-order valence-electron chi connectivity index (χ3n) is 4.77. The number of hydrogen-bond donors (Lipinski definition) is 0.